The summed E-state index contributed by atoms with van der Waals surface area (Å²) in [5.41, 5.74) is -0.893. The van der Waals surface area contributed by atoms with E-state index in [4.69, 9.17) is 15.3 Å². The van der Waals surface area contributed by atoms with Crippen LogP contribution in [-0.2, 0) is 14.6 Å². The Morgan fingerprint density at radius 1 is 1.00 bits per heavy atom. The highest BCUT2D eigenvalue weighted by Crippen LogP contribution is 2.31. The minimum atomic E-state index is -4.81. The van der Waals surface area contributed by atoms with E-state index >= 15 is 0 Å². The molecule has 0 spiro atoms. The quantitative estimate of drug-likeness (QED) is 0.308. The van der Waals surface area contributed by atoms with Gasteiger partial charge in [0.25, 0.3) is 0 Å². The smallest absolute Gasteiger partial charge is 0.217 e. The Bertz CT molecular complexity index is 263. The molecule has 0 atom stereocenters. The Hall–Kier alpha value is -0.290. The molecule has 0 amide bonds. The molecule has 0 unspecified atom stereocenters. The summed E-state index contributed by atoms with van der Waals surface area (Å²) >= 11 is 0. The summed E-state index contributed by atoms with van der Waals surface area (Å²) in [6, 6.07) is 0. The van der Waals surface area contributed by atoms with Crippen molar-refractivity contribution >= 4 is 10.4 Å². The van der Waals surface area contributed by atoms with E-state index in [-0.39, 0.29) is 45.2 Å². The lowest BCUT2D eigenvalue weighted by Crippen LogP contribution is -2.32. The van der Waals surface area contributed by atoms with Crippen molar-refractivity contribution in [1.82, 2.24) is 6.15 Å². The standard InChI is InChI=1S/C8H18O7S.H3N/c9-4-1-8(2-5-10,3-6-11)7-15-16(12,13)14;/h9-11H,1-7H2,(H,12,13,14);1H3. The molecule has 0 bridgehead atoms. The van der Waals surface area contributed by atoms with Gasteiger partial charge in [0.05, 0.1) is 6.61 Å². The van der Waals surface area contributed by atoms with E-state index in [0.29, 0.717) is 0 Å². The zero-order valence-electron chi connectivity index (χ0n) is 9.83. The SMILES string of the molecule is O=S(=O)([O-])OCC(CCO)(CCO)CCO.[NH4+]. The molecule has 8 nitrogen and oxygen atoms in total. The molecule has 0 aromatic rings. The number of quaternary nitrogens is 1. The van der Waals surface area contributed by atoms with Crippen molar-refractivity contribution < 1.29 is 32.5 Å². The van der Waals surface area contributed by atoms with Crippen LogP contribution in [0, 0.1) is 5.41 Å². The molecule has 0 aromatic heterocycles. The van der Waals surface area contributed by atoms with E-state index in [1.807, 2.05) is 0 Å². The topological polar surface area (TPSA) is 164 Å². The van der Waals surface area contributed by atoms with Crippen LogP contribution in [0.15, 0.2) is 0 Å². The zero-order valence-corrected chi connectivity index (χ0v) is 10.6. The lowest BCUT2D eigenvalue weighted by atomic mass is 9.79. The van der Waals surface area contributed by atoms with Crippen LogP contribution in [0.3, 0.4) is 0 Å². The van der Waals surface area contributed by atoms with Crippen LogP contribution in [0.4, 0.5) is 0 Å². The Kier molecular flexibility index (Phi) is 9.81. The molecule has 0 aliphatic carbocycles. The molecule has 0 fully saturated rings. The number of hydrogen-bond donors (Lipinski definition) is 4. The molecule has 0 aliphatic heterocycles. The third-order valence-corrected chi connectivity index (χ3v) is 2.84. The van der Waals surface area contributed by atoms with Crippen molar-refractivity contribution in [2.24, 2.45) is 5.41 Å². The highest BCUT2D eigenvalue weighted by molar-refractivity contribution is 7.80. The largest absolute Gasteiger partial charge is 0.726 e. The minimum Gasteiger partial charge on any atom is -0.726 e. The fraction of sp³-hybridized carbons (Fsp3) is 1.00. The average molecular weight is 275 g/mol. The fourth-order valence-electron chi connectivity index (χ4n) is 1.50. The molecule has 0 saturated carbocycles. The summed E-state index contributed by atoms with van der Waals surface area (Å²) in [4.78, 5) is 0. The maximum absolute atomic E-state index is 10.3. The Labute approximate surface area is 101 Å². The van der Waals surface area contributed by atoms with Gasteiger partial charge < -0.3 is 26.0 Å². The van der Waals surface area contributed by atoms with Gasteiger partial charge in [0.1, 0.15) is 0 Å². The molecule has 0 radical (unpaired) electrons. The van der Waals surface area contributed by atoms with Gasteiger partial charge in [-0.15, -0.1) is 0 Å². The van der Waals surface area contributed by atoms with Crippen molar-refractivity contribution in [3.63, 3.8) is 0 Å². The van der Waals surface area contributed by atoms with Crippen LogP contribution in [0.2, 0.25) is 0 Å². The monoisotopic (exact) mass is 275 g/mol. The number of hydrogen-bond acceptors (Lipinski definition) is 7. The lowest BCUT2D eigenvalue weighted by Gasteiger charge is -2.32. The predicted octanol–water partition coefficient (Wildman–Crippen LogP) is -1.03. The molecule has 9 heteroatoms. The first kappa shape index (κ1) is 19.1. The summed E-state index contributed by atoms with van der Waals surface area (Å²) < 4.78 is 35.1. The van der Waals surface area contributed by atoms with Gasteiger partial charge >= 0.3 is 0 Å². The van der Waals surface area contributed by atoms with Gasteiger partial charge in [0.2, 0.25) is 10.4 Å². The second-order valence-corrected chi connectivity index (χ2v) is 4.64. The van der Waals surface area contributed by atoms with E-state index in [1.165, 1.54) is 0 Å². The summed E-state index contributed by atoms with van der Waals surface area (Å²) in [5, 5.41) is 26.5. The Morgan fingerprint density at radius 2 is 1.35 bits per heavy atom. The van der Waals surface area contributed by atoms with Crippen LogP contribution in [0.5, 0.6) is 0 Å². The van der Waals surface area contributed by atoms with Crippen LogP contribution in [0.25, 0.3) is 0 Å². The third-order valence-electron chi connectivity index (χ3n) is 2.44. The minimum absolute atomic E-state index is 0. The highest BCUT2D eigenvalue weighted by Gasteiger charge is 2.30. The molecule has 17 heavy (non-hydrogen) atoms. The molecule has 0 saturated heterocycles. The van der Waals surface area contributed by atoms with Gasteiger partial charge in [-0.25, -0.2) is 8.42 Å². The van der Waals surface area contributed by atoms with E-state index in [0.717, 1.165) is 0 Å². The number of aliphatic hydroxyl groups is 3. The van der Waals surface area contributed by atoms with E-state index in [9.17, 15) is 13.0 Å². The fourth-order valence-corrected chi connectivity index (χ4v) is 1.89. The Morgan fingerprint density at radius 3 is 1.59 bits per heavy atom. The predicted molar refractivity (Wildman–Crippen MR) is 59.2 cm³/mol. The van der Waals surface area contributed by atoms with Crippen molar-refractivity contribution in [3.8, 4) is 0 Å². The molecule has 0 aromatic carbocycles. The molecule has 7 N–H and O–H groups in total. The van der Waals surface area contributed by atoms with Crippen LogP contribution < -0.4 is 6.15 Å². The summed E-state index contributed by atoms with van der Waals surface area (Å²) in [6.07, 6.45) is 0.428. The number of aliphatic hydroxyl groups excluding tert-OH is 3. The average Bonchev–Trinajstić information content (AvgIpc) is 2.15. The third kappa shape index (κ3) is 8.44. The second kappa shape index (κ2) is 8.75. The van der Waals surface area contributed by atoms with Crippen LogP contribution >= 0.6 is 0 Å². The van der Waals surface area contributed by atoms with Crippen molar-refractivity contribution in [1.29, 1.82) is 0 Å². The molecule has 0 rings (SSSR count). The Balaban J connectivity index is 0. The maximum atomic E-state index is 10.3. The lowest BCUT2D eigenvalue weighted by molar-refractivity contribution is 0.0480. The van der Waals surface area contributed by atoms with Gasteiger partial charge in [0.15, 0.2) is 0 Å². The number of rotatable bonds is 9. The van der Waals surface area contributed by atoms with Gasteiger partial charge in [-0.3, -0.25) is 4.18 Å². The van der Waals surface area contributed by atoms with E-state index in [1.54, 1.807) is 0 Å². The van der Waals surface area contributed by atoms with Crippen LogP contribution in [0.1, 0.15) is 19.3 Å². The van der Waals surface area contributed by atoms with Gasteiger partial charge in [-0.1, -0.05) is 0 Å². The maximum Gasteiger partial charge on any atom is 0.217 e. The van der Waals surface area contributed by atoms with Crippen molar-refractivity contribution in [3.05, 3.63) is 0 Å². The van der Waals surface area contributed by atoms with E-state index < -0.39 is 22.4 Å². The summed E-state index contributed by atoms with van der Waals surface area (Å²) in [5.74, 6) is 0. The highest BCUT2D eigenvalue weighted by atomic mass is 32.3. The summed E-state index contributed by atoms with van der Waals surface area (Å²) in [6.45, 7) is -1.19. The van der Waals surface area contributed by atoms with Crippen molar-refractivity contribution in [2.75, 3.05) is 26.4 Å². The molecular weight excluding hydrogens is 254 g/mol. The zero-order chi connectivity index (χ0) is 12.7. The summed E-state index contributed by atoms with van der Waals surface area (Å²) in [7, 11) is -4.81. The van der Waals surface area contributed by atoms with Gasteiger partial charge in [-0.05, 0) is 19.3 Å². The van der Waals surface area contributed by atoms with E-state index in [2.05, 4.69) is 4.18 Å². The first-order valence-electron chi connectivity index (χ1n) is 4.82. The normalized spacial score (nSPS) is 12.2. The first-order chi connectivity index (χ1) is 7.39. The van der Waals surface area contributed by atoms with Crippen molar-refractivity contribution in [2.45, 2.75) is 19.3 Å². The first-order valence-corrected chi connectivity index (χ1v) is 6.15. The van der Waals surface area contributed by atoms with Gasteiger partial charge in [0, 0.05) is 25.2 Å². The molecular formula is C8H21NO7S. The van der Waals surface area contributed by atoms with Gasteiger partial charge in [-0.2, -0.15) is 0 Å². The van der Waals surface area contributed by atoms with Crippen LogP contribution in [-0.4, -0.2) is 54.7 Å². The molecule has 106 valence electrons. The molecule has 0 heterocycles. The molecule has 0 aliphatic rings. The second-order valence-electron chi connectivity index (χ2n) is 3.59.